The molecule has 1 aromatic carbocycles. The Kier molecular flexibility index (Phi) is 6.75. The number of methoxy groups -OCH3 is 1. The van der Waals surface area contributed by atoms with E-state index in [2.05, 4.69) is 15.5 Å². The van der Waals surface area contributed by atoms with Gasteiger partial charge in [0.1, 0.15) is 11.8 Å². The number of amides is 4. The van der Waals surface area contributed by atoms with Crippen molar-refractivity contribution in [1.29, 1.82) is 0 Å². The van der Waals surface area contributed by atoms with Gasteiger partial charge < -0.3 is 20.3 Å². The van der Waals surface area contributed by atoms with Crippen molar-refractivity contribution in [1.82, 2.24) is 20.4 Å². The lowest BCUT2D eigenvalue weighted by Gasteiger charge is -2.44. The van der Waals surface area contributed by atoms with Crippen LogP contribution in [0.4, 0.5) is 4.79 Å². The van der Waals surface area contributed by atoms with Crippen LogP contribution in [0.2, 0.25) is 0 Å². The zero-order chi connectivity index (χ0) is 21.8. The van der Waals surface area contributed by atoms with Crippen molar-refractivity contribution in [2.45, 2.75) is 57.2 Å². The number of hydrogen-bond acceptors (Lipinski definition) is 5. The highest BCUT2D eigenvalue weighted by atomic mass is 16.5. The molecule has 0 bridgehead atoms. The summed E-state index contributed by atoms with van der Waals surface area (Å²) in [5.74, 6) is 0.647. The van der Waals surface area contributed by atoms with Crippen LogP contribution in [0.15, 0.2) is 24.3 Å². The van der Waals surface area contributed by atoms with Gasteiger partial charge in [0, 0.05) is 12.6 Å². The summed E-state index contributed by atoms with van der Waals surface area (Å²) in [6.07, 6.45) is 6.03. The molecule has 0 spiro atoms. The molecule has 0 aliphatic carbocycles. The minimum atomic E-state index is -0.803. The normalized spacial score (nSPS) is 26.4. The van der Waals surface area contributed by atoms with Crippen molar-refractivity contribution in [3.8, 4) is 5.75 Å². The molecule has 8 heteroatoms. The molecule has 3 fully saturated rings. The number of nitrogens with zero attached hydrogens (tertiary/aromatic N) is 2. The number of carbonyl (C=O) groups is 3. The summed E-state index contributed by atoms with van der Waals surface area (Å²) >= 11 is 0. The van der Waals surface area contributed by atoms with Gasteiger partial charge in [0.2, 0.25) is 5.91 Å². The predicted octanol–water partition coefficient (Wildman–Crippen LogP) is 1.89. The second kappa shape index (κ2) is 9.68. The van der Waals surface area contributed by atoms with E-state index >= 15 is 0 Å². The number of urea groups is 1. The first kappa shape index (κ1) is 21.6. The van der Waals surface area contributed by atoms with Gasteiger partial charge in [0.25, 0.3) is 5.91 Å². The van der Waals surface area contributed by atoms with Crippen LogP contribution in [-0.4, -0.2) is 66.5 Å². The van der Waals surface area contributed by atoms with Gasteiger partial charge in [-0.3, -0.25) is 14.5 Å². The van der Waals surface area contributed by atoms with Crippen LogP contribution in [0, 0.1) is 5.92 Å². The zero-order valence-electron chi connectivity index (χ0n) is 18.1. The van der Waals surface area contributed by atoms with E-state index in [-0.39, 0.29) is 24.8 Å². The monoisotopic (exact) mass is 428 g/mol. The second-order valence-corrected chi connectivity index (χ2v) is 8.78. The lowest BCUT2D eigenvalue weighted by atomic mass is 9.83. The molecule has 168 valence electrons. The molecule has 2 N–H and O–H groups in total. The number of ether oxygens (including phenoxy) is 1. The van der Waals surface area contributed by atoms with Crippen molar-refractivity contribution in [3.63, 3.8) is 0 Å². The molecule has 0 unspecified atom stereocenters. The van der Waals surface area contributed by atoms with E-state index in [4.69, 9.17) is 4.74 Å². The van der Waals surface area contributed by atoms with Crippen LogP contribution < -0.4 is 15.4 Å². The fourth-order valence-electron chi connectivity index (χ4n) is 5.10. The average Bonchev–Trinajstić information content (AvgIpc) is 3.05. The van der Waals surface area contributed by atoms with E-state index in [1.54, 1.807) is 19.2 Å². The molecular formula is C23H32N4O4. The Morgan fingerprint density at radius 2 is 1.90 bits per heavy atom. The lowest BCUT2D eigenvalue weighted by Crippen LogP contribution is -2.51. The summed E-state index contributed by atoms with van der Waals surface area (Å²) in [5.41, 5.74) is 0.823. The quantitative estimate of drug-likeness (QED) is 0.647. The van der Waals surface area contributed by atoms with Crippen molar-refractivity contribution >= 4 is 17.8 Å². The first-order valence-corrected chi connectivity index (χ1v) is 11.3. The highest BCUT2D eigenvalue weighted by molar-refractivity contribution is 6.05. The third-order valence-corrected chi connectivity index (χ3v) is 6.79. The Balaban J connectivity index is 1.27. The van der Waals surface area contributed by atoms with Gasteiger partial charge in [0.15, 0.2) is 0 Å². The van der Waals surface area contributed by atoms with Gasteiger partial charge in [-0.2, -0.15) is 0 Å². The molecule has 0 aromatic heterocycles. The van der Waals surface area contributed by atoms with Crippen LogP contribution in [0.3, 0.4) is 0 Å². The Labute approximate surface area is 183 Å². The molecule has 4 amide bonds. The van der Waals surface area contributed by atoms with Gasteiger partial charge in [-0.15, -0.1) is 0 Å². The standard InChI is InChI=1S/C23H32N4O4/c1-31-18-9-7-16(8-10-18)15-27-22(29)19(25-23(27)30)13-21(28)24-14-17-5-4-12-26-11-3-2-6-20(17)26/h7-10,17,19-20H,2-6,11-15H2,1H3,(H,24,28)(H,25,30)/t17-,19-,20+/m0/s1. The van der Waals surface area contributed by atoms with E-state index < -0.39 is 12.1 Å². The number of fused-ring (bicyclic) bond motifs is 1. The SMILES string of the molecule is COc1ccc(CN2C(=O)N[C@@H](CC(=O)NC[C@@H]3CCCN4CCCC[C@H]34)C2=O)cc1. The van der Waals surface area contributed by atoms with Crippen LogP contribution in [-0.2, 0) is 16.1 Å². The van der Waals surface area contributed by atoms with Crippen LogP contribution in [0.1, 0.15) is 44.1 Å². The maximum atomic E-state index is 12.7. The van der Waals surface area contributed by atoms with E-state index in [1.165, 1.54) is 43.7 Å². The first-order chi connectivity index (χ1) is 15.0. The van der Waals surface area contributed by atoms with Crippen molar-refractivity contribution in [2.24, 2.45) is 5.92 Å². The number of hydrogen-bond donors (Lipinski definition) is 2. The summed E-state index contributed by atoms with van der Waals surface area (Å²) in [6.45, 7) is 3.15. The minimum Gasteiger partial charge on any atom is -0.497 e. The highest BCUT2D eigenvalue weighted by Gasteiger charge is 2.39. The number of imide groups is 1. The van der Waals surface area contributed by atoms with Crippen molar-refractivity contribution in [3.05, 3.63) is 29.8 Å². The van der Waals surface area contributed by atoms with Gasteiger partial charge in [-0.05, 0) is 62.4 Å². The Bertz CT molecular complexity index is 810. The largest absolute Gasteiger partial charge is 0.497 e. The molecule has 3 atom stereocenters. The predicted molar refractivity (Wildman–Crippen MR) is 115 cm³/mol. The number of carbonyl (C=O) groups excluding carboxylic acids is 3. The molecule has 3 saturated heterocycles. The summed E-state index contributed by atoms with van der Waals surface area (Å²) < 4.78 is 5.13. The van der Waals surface area contributed by atoms with E-state index in [0.717, 1.165) is 12.0 Å². The highest BCUT2D eigenvalue weighted by Crippen LogP contribution is 2.30. The van der Waals surface area contributed by atoms with E-state index in [0.29, 0.717) is 24.3 Å². The molecule has 3 aliphatic rings. The first-order valence-electron chi connectivity index (χ1n) is 11.3. The third kappa shape index (κ3) is 5.01. The number of rotatable bonds is 7. The maximum Gasteiger partial charge on any atom is 0.325 e. The maximum absolute atomic E-state index is 12.7. The average molecular weight is 429 g/mol. The van der Waals surface area contributed by atoms with Crippen molar-refractivity contribution in [2.75, 3.05) is 26.7 Å². The summed E-state index contributed by atoms with van der Waals surface area (Å²) in [4.78, 5) is 41.3. The van der Waals surface area contributed by atoms with E-state index in [9.17, 15) is 14.4 Å². The number of piperidine rings is 2. The fourth-order valence-corrected chi connectivity index (χ4v) is 5.10. The Hall–Kier alpha value is -2.61. The van der Waals surface area contributed by atoms with Crippen LogP contribution in [0.5, 0.6) is 5.75 Å². The molecule has 31 heavy (non-hydrogen) atoms. The number of nitrogens with one attached hydrogen (secondary N) is 2. The molecule has 4 rings (SSSR count). The van der Waals surface area contributed by atoms with Gasteiger partial charge >= 0.3 is 6.03 Å². The lowest BCUT2D eigenvalue weighted by molar-refractivity contribution is -0.131. The Morgan fingerprint density at radius 3 is 2.68 bits per heavy atom. The van der Waals surface area contributed by atoms with Gasteiger partial charge in [-0.25, -0.2) is 4.79 Å². The summed E-state index contributed by atoms with van der Waals surface area (Å²) in [5, 5.41) is 5.68. The molecule has 3 aliphatic heterocycles. The minimum absolute atomic E-state index is 0.0230. The second-order valence-electron chi connectivity index (χ2n) is 8.78. The summed E-state index contributed by atoms with van der Waals surface area (Å²) in [7, 11) is 1.58. The summed E-state index contributed by atoms with van der Waals surface area (Å²) in [6, 6.07) is 6.52. The zero-order valence-corrected chi connectivity index (χ0v) is 18.1. The molecule has 8 nitrogen and oxygen atoms in total. The number of benzene rings is 1. The smallest absolute Gasteiger partial charge is 0.325 e. The molecule has 3 heterocycles. The topological polar surface area (TPSA) is 91.0 Å². The van der Waals surface area contributed by atoms with Gasteiger partial charge in [0.05, 0.1) is 20.1 Å². The molecular weight excluding hydrogens is 396 g/mol. The van der Waals surface area contributed by atoms with Gasteiger partial charge in [-0.1, -0.05) is 18.6 Å². The molecule has 0 saturated carbocycles. The molecule has 0 radical (unpaired) electrons. The Morgan fingerprint density at radius 1 is 1.13 bits per heavy atom. The third-order valence-electron chi connectivity index (χ3n) is 6.79. The van der Waals surface area contributed by atoms with Crippen LogP contribution in [0.25, 0.3) is 0 Å². The van der Waals surface area contributed by atoms with Crippen molar-refractivity contribution < 1.29 is 19.1 Å². The van der Waals surface area contributed by atoms with E-state index in [1.807, 2.05) is 12.1 Å². The fraction of sp³-hybridized carbons (Fsp3) is 0.609. The molecule has 1 aromatic rings. The van der Waals surface area contributed by atoms with Crippen LogP contribution >= 0.6 is 0 Å².